The first kappa shape index (κ1) is 25.4. The van der Waals surface area contributed by atoms with Crippen molar-refractivity contribution in [2.75, 3.05) is 32.1 Å². The maximum Gasteiger partial charge on any atom is 0.222 e. The van der Waals surface area contributed by atoms with Crippen LogP contribution >= 0.6 is 0 Å². The first-order valence-electron chi connectivity index (χ1n) is 11.2. The summed E-state index contributed by atoms with van der Waals surface area (Å²) in [5.41, 5.74) is 0. The summed E-state index contributed by atoms with van der Waals surface area (Å²) in [5, 5.41) is 0. The largest absolute Gasteiger partial charge is 0.339 e. The lowest BCUT2D eigenvalue weighted by Crippen LogP contribution is -2.45. The van der Waals surface area contributed by atoms with E-state index in [-0.39, 0.29) is 17.7 Å². The minimum atomic E-state index is -3.06. The van der Waals surface area contributed by atoms with Crippen LogP contribution in [0.1, 0.15) is 79.1 Å². The fraction of sp³-hybridized carbons (Fsp3) is 0.955. The third kappa shape index (κ3) is 10.2. The SMILES string of the molecule is CC(C)CCCCC(=O)N(CCS(C)(=O)=O)C1CCC(CN(C)C(C)C)CC1. The van der Waals surface area contributed by atoms with Gasteiger partial charge in [0.25, 0.3) is 0 Å². The maximum atomic E-state index is 12.9. The third-order valence-corrected chi connectivity index (χ3v) is 7.05. The minimum Gasteiger partial charge on any atom is -0.339 e. The van der Waals surface area contributed by atoms with Gasteiger partial charge in [0.2, 0.25) is 5.91 Å². The molecule has 1 aliphatic rings. The van der Waals surface area contributed by atoms with E-state index in [0.29, 0.717) is 30.8 Å². The fourth-order valence-corrected chi connectivity index (χ4v) is 4.53. The molecule has 0 aromatic carbocycles. The van der Waals surface area contributed by atoms with Crippen molar-refractivity contribution in [1.29, 1.82) is 0 Å². The quantitative estimate of drug-likeness (QED) is 0.452. The zero-order chi connectivity index (χ0) is 21.3. The van der Waals surface area contributed by atoms with Crippen LogP contribution in [-0.2, 0) is 14.6 Å². The Bertz CT molecular complexity index is 552. The molecule has 0 bridgehead atoms. The van der Waals surface area contributed by atoms with Crippen molar-refractivity contribution in [2.24, 2.45) is 11.8 Å². The number of hydrogen-bond donors (Lipinski definition) is 0. The van der Waals surface area contributed by atoms with E-state index in [1.807, 2.05) is 4.90 Å². The molecule has 0 aromatic heterocycles. The number of amides is 1. The molecular formula is C22H44N2O3S. The smallest absolute Gasteiger partial charge is 0.222 e. The van der Waals surface area contributed by atoms with Crippen LogP contribution in [0, 0.1) is 11.8 Å². The van der Waals surface area contributed by atoms with Gasteiger partial charge >= 0.3 is 0 Å². The monoisotopic (exact) mass is 416 g/mol. The predicted molar refractivity (Wildman–Crippen MR) is 118 cm³/mol. The van der Waals surface area contributed by atoms with Crippen LogP contribution in [0.2, 0.25) is 0 Å². The summed E-state index contributed by atoms with van der Waals surface area (Å²) in [4.78, 5) is 17.2. The fourth-order valence-electron chi connectivity index (χ4n) is 4.00. The summed E-state index contributed by atoms with van der Waals surface area (Å²) in [6.07, 6.45) is 9.17. The van der Waals surface area contributed by atoms with Crippen LogP contribution in [0.25, 0.3) is 0 Å². The van der Waals surface area contributed by atoms with Crippen molar-refractivity contribution in [3.8, 4) is 0 Å². The standard InChI is InChI=1S/C22H44N2O3S/c1-18(2)9-7-8-10-22(25)24(15-16-28(6,26)27)21-13-11-20(12-14-21)17-23(5)19(3)4/h18-21H,7-17H2,1-6H3. The van der Waals surface area contributed by atoms with Gasteiger partial charge in [-0.15, -0.1) is 0 Å². The molecule has 1 saturated carbocycles. The molecular weight excluding hydrogens is 372 g/mol. The molecule has 166 valence electrons. The summed E-state index contributed by atoms with van der Waals surface area (Å²) < 4.78 is 23.3. The van der Waals surface area contributed by atoms with Crippen molar-refractivity contribution < 1.29 is 13.2 Å². The molecule has 0 atom stereocenters. The zero-order valence-corrected chi connectivity index (χ0v) is 19.9. The second-order valence-electron chi connectivity index (χ2n) is 9.56. The van der Waals surface area contributed by atoms with Crippen LogP contribution in [0.15, 0.2) is 0 Å². The van der Waals surface area contributed by atoms with E-state index in [1.54, 1.807) is 0 Å². The Morgan fingerprint density at radius 2 is 1.64 bits per heavy atom. The van der Waals surface area contributed by atoms with Crippen LogP contribution in [0.5, 0.6) is 0 Å². The number of carbonyl (C=O) groups is 1. The highest BCUT2D eigenvalue weighted by atomic mass is 32.2. The van der Waals surface area contributed by atoms with E-state index in [0.717, 1.165) is 51.5 Å². The molecule has 1 fully saturated rings. The summed E-state index contributed by atoms with van der Waals surface area (Å²) >= 11 is 0. The second kappa shape index (κ2) is 12.2. The summed E-state index contributed by atoms with van der Waals surface area (Å²) in [6, 6.07) is 0.761. The van der Waals surface area contributed by atoms with Crippen LogP contribution < -0.4 is 0 Å². The highest BCUT2D eigenvalue weighted by Crippen LogP contribution is 2.29. The zero-order valence-electron chi connectivity index (χ0n) is 19.1. The van der Waals surface area contributed by atoms with E-state index in [9.17, 15) is 13.2 Å². The van der Waals surface area contributed by atoms with Crippen LogP contribution in [-0.4, -0.2) is 68.4 Å². The minimum absolute atomic E-state index is 0.0702. The van der Waals surface area contributed by atoms with Gasteiger partial charge in [-0.25, -0.2) is 8.42 Å². The Labute approximate surface area is 174 Å². The van der Waals surface area contributed by atoms with E-state index in [1.165, 1.54) is 6.26 Å². The molecule has 0 spiro atoms. The van der Waals surface area contributed by atoms with E-state index >= 15 is 0 Å². The molecule has 1 amide bonds. The van der Waals surface area contributed by atoms with Crippen LogP contribution in [0.3, 0.4) is 0 Å². The predicted octanol–water partition coefficient (Wildman–Crippen LogP) is 3.98. The number of carbonyl (C=O) groups excluding carboxylic acids is 1. The van der Waals surface area contributed by atoms with Crippen LogP contribution in [0.4, 0.5) is 0 Å². The molecule has 0 N–H and O–H groups in total. The topological polar surface area (TPSA) is 57.7 Å². The van der Waals surface area contributed by atoms with E-state index < -0.39 is 9.84 Å². The number of sulfone groups is 1. The maximum absolute atomic E-state index is 12.9. The average molecular weight is 417 g/mol. The molecule has 1 rings (SSSR count). The Kier molecular flexibility index (Phi) is 11.0. The second-order valence-corrected chi connectivity index (χ2v) is 11.8. The van der Waals surface area contributed by atoms with Gasteiger partial charge in [0.05, 0.1) is 5.75 Å². The van der Waals surface area contributed by atoms with Crippen molar-refractivity contribution >= 4 is 15.7 Å². The molecule has 28 heavy (non-hydrogen) atoms. The van der Waals surface area contributed by atoms with Gasteiger partial charge in [0.1, 0.15) is 9.84 Å². The molecule has 6 heteroatoms. The normalized spacial score (nSPS) is 20.9. The van der Waals surface area contributed by atoms with Gasteiger partial charge in [-0.1, -0.05) is 26.7 Å². The van der Waals surface area contributed by atoms with Gasteiger partial charge in [-0.05, 0) is 64.8 Å². The van der Waals surface area contributed by atoms with Gasteiger partial charge in [0, 0.05) is 37.8 Å². The van der Waals surface area contributed by atoms with Crippen molar-refractivity contribution in [3.63, 3.8) is 0 Å². The Morgan fingerprint density at radius 1 is 1.04 bits per heavy atom. The Balaban J connectivity index is 2.61. The number of unbranched alkanes of at least 4 members (excludes halogenated alkanes) is 1. The van der Waals surface area contributed by atoms with Gasteiger partial charge in [-0.2, -0.15) is 0 Å². The van der Waals surface area contributed by atoms with Gasteiger partial charge in [0.15, 0.2) is 0 Å². The highest BCUT2D eigenvalue weighted by Gasteiger charge is 2.29. The third-order valence-electron chi connectivity index (χ3n) is 6.13. The molecule has 0 unspecified atom stereocenters. The van der Waals surface area contributed by atoms with Gasteiger partial charge < -0.3 is 9.80 Å². The average Bonchev–Trinajstić information content (AvgIpc) is 2.59. The first-order chi connectivity index (χ1) is 13.0. The molecule has 1 aliphatic carbocycles. The number of hydrogen-bond acceptors (Lipinski definition) is 4. The lowest BCUT2D eigenvalue weighted by molar-refractivity contribution is -0.134. The van der Waals surface area contributed by atoms with Crippen molar-refractivity contribution in [3.05, 3.63) is 0 Å². The summed E-state index contributed by atoms with van der Waals surface area (Å²) in [6.45, 7) is 10.3. The van der Waals surface area contributed by atoms with Gasteiger partial charge in [-0.3, -0.25) is 4.79 Å². The Hall–Kier alpha value is -0.620. The van der Waals surface area contributed by atoms with Crippen molar-refractivity contribution in [2.45, 2.75) is 91.1 Å². The molecule has 0 heterocycles. The molecule has 0 aromatic rings. The number of nitrogens with zero attached hydrogens (tertiary/aromatic N) is 2. The first-order valence-corrected chi connectivity index (χ1v) is 13.2. The molecule has 0 saturated heterocycles. The number of rotatable bonds is 12. The molecule has 0 radical (unpaired) electrons. The summed E-state index contributed by atoms with van der Waals surface area (Å²) in [7, 11) is -0.888. The van der Waals surface area contributed by atoms with Crippen molar-refractivity contribution in [1.82, 2.24) is 9.80 Å². The lowest BCUT2D eigenvalue weighted by atomic mass is 9.84. The lowest BCUT2D eigenvalue weighted by Gasteiger charge is -2.38. The summed E-state index contributed by atoms with van der Waals surface area (Å²) in [5.74, 6) is 1.56. The highest BCUT2D eigenvalue weighted by molar-refractivity contribution is 7.90. The molecule has 0 aliphatic heterocycles. The molecule has 5 nitrogen and oxygen atoms in total. The van der Waals surface area contributed by atoms with E-state index in [4.69, 9.17) is 0 Å². The van der Waals surface area contributed by atoms with E-state index in [2.05, 4.69) is 39.6 Å². The Morgan fingerprint density at radius 3 is 2.14 bits per heavy atom.